The first-order chi connectivity index (χ1) is 6.63. The minimum absolute atomic E-state index is 0.525. The second kappa shape index (κ2) is 5.52. The number of aryl methyl sites for hydroxylation is 2. The van der Waals surface area contributed by atoms with Gasteiger partial charge in [0.05, 0.1) is 0 Å². The molecule has 1 nitrogen and oxygen atoms in total. The third kappa shape index (κ3) is 3.43. The van der Waals surface area contributed by atoms with Crippen LogP contribution >= 0.6 is 15.9 Å². The van der Waals surface area contributed by atoms with Crippen molar-refractivity contribution in [3.63, 3.8) is 0 Å². The SMILES string of the molecule is Cc1ccc(CNC(C)CBr)cc1C. The highest BCUT2D eigenvalue weighted by Crippen LogP contribution is 2.09. The largest absolute Gasteiger partial charge is 0.309 e. The minimum Gasteiger partial charge on any atom is -0.309 e. The summed E-state index contributed by atoms with van der Waals surface area (Å²) in [5.41, 5.74) is 4.10. The Kier molecular flexibility index (Phi) is 4.63. The van der Waals surface area contributed by atoms with E-state index in [1.807, 2.05) is 0 Å². The topological polar surface area (TPSA) is 12.0 Å². The highest BCUT2D eigenvalue weighted by atomic mass is 79.9. The van der Waals surface area contributed by atoms with Crippen molar-refractivity contribution in [3.05, 3.63) is 34.9 Å². The van der Waals surface area contributed by atoms with Gasteiger partial charge in [0.15, 0.2) is 0 Å². The third-order valence-electron chi connectivity index (χ3n) is 2.46. The molecule has 1 rings (SSSR count). The predicted octanol–water partition coefficient (Wildman–Crippen LogP) is 3.18. The summed E-state index contributed by atoms with van der Waals surface area (Å²) < 4.78 is 0. The first kappa shape index (κ1) is 11.7. The van der Waals surface area contributed by atoms with Crippen molar-refractivity contribution in [1.82, 2.24) is 5.32 Å². The van der Waals surface area contributed by atoms with Crippen molar-refractivity contribution in [2.45, 2.75) is 33.4 Å². The summed E-state index contributed by atoms with van der Waals surface area (Å²) in [5.74, 6) is 0. The Morgan fingerprint density at radius 3 is 2.57 bits per heavy atom. The molecule has 0 saturated heterocycles. The molecule has 1 atom stereocenters. The standard InChI is InChI=1S/C12H18BrN/c1-9-4-5-12(6-10(9)2)8-14-11(3)7-13/h4-6,11,14H,7-8H2,1-3H3. The summed E-state index contributed by atoms with van der Waals surface area (Å²) in [5, 5.41) is 4.45. The molecule has 1 aromatic rings. The van der Waals surface area contributed by atoms with Crippen LogP contribution in [0.5, 0.6) is 0 Å². The molecule has 0 saturated carbocycles. The fourth-order valence-electron chi connectivity index (χ4n) is 1.26. The molecule has 0 aliphatic rings. The molecule has 0 fully saturated rings. The lowest BCUT2D eigenvalue weighted by atomic mass is 10.1. The van der Waals surface area contributed by atoms with Gasteiger partial charge in [-0.2, -0.15) is 0 Å². The molecule has 0 heterocycles. The van der Waals surface area contributed by atoms with Crippen LogP contribution in [0.1, 0.15) is 23.6 Å². The molecule has 1 N–H and O–H groups in total. The molecular weight excluding hydrogens is 238 g/mol. The van der Waals surface area contributed by atoms with Crippen molar-refractivity contribution >= 4 is 15.9 Å². The van der Waals surface area contributed by atoms with Gasteiger partial charge in [0.1, 0.15) is 0 Å². The van der Waals surface area contributed by atoms with E-state index in [4.69, 9.17) is 0 Å². The maximum absolute atomic E-state index is 3.45. The lowest BCUT2D eigenvalue weighted by Crippen LogP contribution is -2.26. The van der Waals surface area contributed by atoms with Crippen molar-refractivity contribution < 1.29 is 0 Å². The van der Waals surface area contributed by atoms with E-state index < -0.39 is 0 Å². The zero-order valence-electron chi connectivity index (χ0n) is 9.10. The Bertz CT molecular complexity index is 296. The van der Waals surface area contributed by atoms with E-state index in [1.165, 1.54) is 16.7 Å². The summed E-state index contributed by atoms with van der Waals surface area (Å²) in [4.78, 5) is 0. The number of hydrogen-bond donors (Lipinski definition) is 1. The molecule has 1 aromatic carbocycles. The van der Waals surface area contributed by atoms with E-state index in [0.29, 0.717) is 6.04 Å². The van der Waals surface area contributed by atoms with Crippen molar-refractivity contribution in [2.24, 2.45) is 0 Å². The molecule has 2 heteroatoms. The molecule has 0 aromatic heterocycles. The normalized spacial score (nSPS) is 12.9. The van der Waals surface area contributed by atoms with Gasteiger partial charge in [-0.15, -0.1) is 0 Å². The third-order valence-corrected chi connectivity index (χ3v) is 3.43. The molecule has 0 aliphatic heterocycles. The first-order valence-corrected chi connectivity index (χ1v) is 6.11. The second-order valence-corrected chi connectivity index (χ2v) is 4.50. The van der Waals surface area contributed by atoms with Crippen LogP contribution in [0.4, 0.5) is 0 Å². The minimum atomic E-state index is 0.525. The number of hydrogen-bond acceptors (Lipinski definition) is 1. The Labute approximate surface area is 95.0 Å². The van der Waals surface area contributed by atoms with Gasteiger partial charge in [-0.25, -0.2) is 0 Å². The van der Waals surface area contributed by atoms with Crippen molar-refractivity contribution in [2.75, 3.05) is 5.33 Å². The maximum Gasteiger partial charge on any atom is 0.0208 e. The van der Waals surface area contributed by atoms with Crippen molar-refractivity contribution in [1.29, 1.82) is 0 Å². The van der Waals surface area contributed by atoms with Gasteiger partial charge >= 0.3 is 0 Å². The highest BCUT2D eigenvalue weighted by molar-refractivity contribution is 9.09. The van der Waals surface area contributed by atoms with Gasteiger partial charge in [0.25, 0.3) is 0 Å². The van der Waals surface area contributed by atoms with Crippen LogP contribution in [0.2, 0.25) is 0 Å². The van der Waals surface area contributed by atoms with E-state index in [-0.39, 0.29) is 0 Å². The van der Waals surface area contributed by atoms with E-state index in [2.05, 4.69) is 60.2 Å². The summed E-state index contributed by atoms with van der Waals surface area (Å²) in [7, 11) is 0. The molecule has 0 bridgehead atoms. The van der Waals surface area contributed by atoms with Crippen LogP contribution in [-0.2, 0) is 6.54 Å². The predicted molar refractivity (Wildman–Crippen MR) is 66.0 cm³/mol. The summed E-state index contributed by atoms with van der Waals surface area (Å²) in [6.07, 6.45) is 0. The zero-order chi connectivity index (χ0) is 10.6. The fraction of sp³-hybridized carbons (Fsp3) is 0.500. The van der Waals surface area contributed by atoms with Crippen molar-refractivity contribution in [3.8, 4) is 0 Å². The molecule has 0 amide bonds. The van der Waals surface area contributed by atoms with Gasteiger partial charge in [-0.1, -0.05) is 34.1 Å². The lowest BCUT2D eigenvalue weighted by molar-refractivity contribution is 0.598. The van der Waals surface area contributed by atoms with Crippen LogP contribution in [-0.4, -0.2) is 11.4 Å². The number of alkyl halides is 1. The number of rotatable bonds is 4. The smallest absolute Gasteiger partial charge is 0.0208 e. The Hall–Kier alpha value is -0.340. The van der Waals surface area contributed by atoms with Crippen LogP contribution in [0.15, 0.2) is 18.2 Å². The van der Waals surface area contributed by atoms with Gasteiger partial charge in [0, 0.05) is 17.9 Å². The van der Waals surface area contributed by atoms with Gasteiger partial charge in [-0.3, -0.25) is 0 Å². The first-order valence-electron chi connectivity index (χ1n) is 4.99. The van der Waals surface area contributed by atoms with E-state index in [9.17, 15) is 0 Å². The maximum atomic E-state index is 3.45. The van der Waals surface area contributed by atoms with E-state index >= 15 is 0 Å². The number of benzene rings is 1. The number of nitrogens with one attached hydrogen (secondary N) is 1. The molecular formula is C12H18BrN. The average molecular weight is 256 g/mol. The summed E-state index contributed by atoms with van der Waals surface area (Å²) >= 11 is 3.45. The van der Waals surface area contributed by atoms with E-state index in [0.717, 1.165) is 11.9 Å². The molecule has 0 aliphatic carbocycles. The van der Waals surface area contributed by atoms with E-state index in [1.54, 1.807) is 0 Å². The van der Waals surface area contributed by atoms with Gasteiger partial charge in [-0.05, 0) is 37.5 Å². The van der Waals surface area contributed by atoms with Crippen LogP contribution in [0.3, 0.4) is 0 Å². The van der Waals surface area contributed by atoms with Gasteiger partial charge in [0.2, 0.25) is 0 Å². The Morgan fingerprint density at radius 1 is 1.29 bits per heavy atom. The molecule has 14 heavy (non-hydrogen) atoms. The Balaban J connectivity index is 2.55. The fourth-order valence-corrected chi connectivity index (χ4v) is 1.49. The zero-order valence-corrected chi connectivity index (χ0v) is 10.7. The molecule has 1 unspecified atom stereocenters. The van der Waals surface area contributed by atoms with Crippen LogP contribution in [0, 0.1) is 13.8 Å². The number of halogens is 1. The summed E-state index contributed by atoms with van der Waals surface area (Å²) in [6, 6.07) is 7.15. The Morgan fingerprint density at radius 2 is 2.00 bits per heavy atom. The second-order valence-electron chi connectivity index (χ2n) is 3.85. The molecule has 0 spiro atoms. The lowest BCUT2D eigenvalue weighted by Gasteiger charge is -2.11. The van der Waals surface area contributed by atoms with Crippen LogP contribution < -0.4 is 5.32 Å². The average Bonchev–Trinajstić information content (AvgIpc) is 2.19. The van der Waals surface area contributed by atoms with Crippen LogP contribution in [0.25, 0.3) is 0 Å². The highest BCUT2D eigenvalue weighted by Gasteiger charge is 1.99. The monoisotopic (exact) mass is 255 g/mol. The molecule has 78 valence electrons. The molecule has 0 radical (unpaired) electrons. The van der Waals surface area contributed by atoms with Gasteiger partial charge < -0.3 is 5.32 Å². The quantitative estimate of drug-likeness (QED) is 0.816. The summed E-state index contributed by atoms with van der Waals surface area (Å²) in [6.45, 7) is 7.43.